The average molecular weight is 420 g/mol. The molecule has 1 aromatic carbocycles. The lowest BCUT2D eigenvalue weighted by Gasteiger charge is -2.45. The smallest absolute Gasteiger partial charge is 0.220 e. The molecule has 154 valence electrons. The number of hydrogen-bond donors (Lipinski definition) is 2. The zero-order chi connectivity index (χ0) is 20.4. The summed E-state index contributed by atoms with van der Waals surface area (Å²) in [4.78, 5) is 10.5. The quantitative estimate of drug-likeness (QED) is 0.774. The number of aliphatic imine (C=N–C) groups is 2. The van der Waals surface area contributed by atoms with Crippen LogP contribution in [0.5, 0.6) is 5.75 Å². The number of nitrogens with two attached hydrogens (primary N) is 2. The van der Waals surface area contributed by atoms with Crippen LogP contribution in [0, 0.1) is 5.82 Å². The van der Waals surface area contributed by atoms with Gasteiger partial charge in [0.05, 0.1) is 17.8 Å². The van der Waals surface area contributed by atoms with Gasteiger partial charge in [0.15, 0.2) is 11.6 Å². The van der Waals surface area contributed by atoms with Crippen LogP contribution < -0.4 is 21.1 Å². The second-order valence-corrected chi connectivity index (χ2v) is 7.64. The van der Waals surface area contributed by atoms with Crippen LogP contribution >= 0.6 is 11.6 Å². The molecule has 0 radical (unpaired) electrons. The standard InChI is InChI=1S/C19H23ClFN7O/c20-13-11-24-27(12-13)8-9-29-16-5-4-14(10-15(16)21)28-18(23)25-17(22)26-19(28)6-2-1-3-7-19/h4-5,10-12H,1-3,6-9H2,(H4,22,23,25,26). The van der Waals surface area contributed by atoms with Crippen molar-refractivity contribution in [2.75, 3.05) is 11.5 Å². The molecule has 0 bridgehead atoms. The number of halogens is 2. The van der Waals surface area contributed by atoms with Gasteiger partial charge in [-0.05, 0) is 37.8 Å². The van der Waals surface area contributed by atoms with Crippen LogP contribution in [0.1, 0.15) is 32.1 Å². The summed E-state index contributed by atoms with van der Waals surface area (Å²) < 4.78 is 22.0. The first-order chi connectivity index (χ1) is 14.0. The van der Waals surface area contributed by atoms with Crippen LogP contribution in [-0.4, -0.2) is 34.0 Å². The van der Waals surface area contributed by atoms with Crippen molar-refractivity contribution in [3.05, 3.63) is 41.4 Å². The van der Waals surface area contributed by atoms with Gasteiger partial charge in [-0.15, -0.1) is 0 Å². The fourth-order valence-corrected chi connectivity index (χ4v) is 4.11. The van der Waals surface area contributed by atoms with E-state index in [-0.39, 0.29) is 24.3 Å². The van der Waals surface area contributed by atoms with Crippen molar-refractivity contribution in [3.8, 4) is 5.75 Å². The molecule has 2 heterocycles. The van der Waals surface area contributed by atoms with E-state index in [4.69, 9.17) is 27.8 Å². The Hall–Kier alpha value is -2.81. The molecule has 0 saturated heterocycles. The molecule has 0 atom stereocenters. The minimum atomic E-state index is -0.609. The van der Waals surface area contributed by atoms with Crippen LogP contribution in [0.3, 0.4) is 0 Å². The lowest BCUT2D eigenvalue weighted by molar-refractivity contribution is 0.278. The molecule has 2 aliphatic rings. The summed E-state index contributed by atoms with van der Waals surface area (Å²) in [7, 11) is 0. The molecule has 1 aliphatic carbocycles. The molecule has 4 rings (SSSR count). The molecule has 0 unspecified atom stereocenters. The minimum absolute atomic E-state index is 0.153. The Morgan fingerprint density at radius 2 is 2.00 bits per heavy atom. The van der Waals surface area contributed by atoms with Crippen LogP contribution in [0.2, 0.25) is 5.02 Å². The first kappa shape index (κ1) is 19.5. The van der Waals surface area contributed by atoms with Crippen LogP contribution in [0.4, 0.5) is 10.1 Å². The summed E-state index contributed by atoms with van der Waals surface area (Å²) in [6, 6.07) is 4.75. The lowest BCUT2D eigenvalue weighted by Crippen LogP contribution is -2.58. The lowest BCUT2D eigenvalue weighted by atomic mass is 9.87. The molecule has 2 aromatic rings. The summed E-state index contributed by atoms with van der Waals surface area (Å²) in [6.07, 6.45) is 7.93. The molecular formula is C19H23ClFN7O. The molecule has 1 spiro atoms. The Balaban J connectivity index is 1.52. The zero-order valence-corrected chi connectivity index (χ0v) is 16.6. The van der Waals surface area contributed by atoms with Crippen molar-refractivity contribution in [1.29, 1.82) is 0 Å². The monoisotopic (exact) mass is 419 g/mol. The second kappa shape index (κ2) is 7.90. The topological polar surface area (TPSA) is 107 Å². The van der Waals surface area contributed by atoms with Gasteiger partial charge in [-0.1, -0.05) is 18.0 Å². The highest BCUT2D eigenvalue weighted by atomic mass is 35.5. The number of ether oxygens (including phenoxy) is 1. The number of anilines is 1. The number of aromatic nitrogens is 2. The molecule has 1 saturated carbocycles. The molecule has 0 amide bonds. The van der Waals surface area contributed by atoms with E-state index < -0.39 is 11.5 Å². The van der Waals surface area contributed by atoms with E-state index in [2.05, 4.69) is 15.1 Å². The van der Waals surface area contributed by atoms with E-state index in [1.165, 1.54) is 12.3 Å². The molecule has 8 nitrogen and oxygen atoms in total. The van der Waals surface area contributed by atoms with Crippen molar-refractivity contribution >= 4 is 29.2 Å². The fourth-order valence-electron chi connectivity index (χ4n) is 3.95. The maximum Gasteiger partial charge on any atom is 0.220 e. The van der Waals surface area contributed by atoms with Gasteiger partial charge in [0.1, 0.15) is 12.3 Å². The molecule has 1 aromatic heterocycles. The predicted octanol–water partition coefficient (Wildman–Crippen LogP) is 2.86. The van der Waals surface area contributed by atoms with Gasteiger partial charge < -0.3 is 16.2 Å². The Labute approximate surface area is 173 Å². The average Bonchev–Trinajstić information content (AvgIpc) is 3.08. The van der Waals surface area contributed by atoms with Gasteiger partial charge in [0.25, 0.3) is 0 Å². The van der Waals surface area contributed by atoms with E-state index in [0.29, 0.717) is 17.3 Å². The Morgan fingerprint density at radius 1 is 1.21 bits per heavy atom. The number of guanidine groups is 2. The highest BCUT2D eigenvalue weighted by molar-refractivity contribution is 6.30. The molecule has 29 heavy (non-hydrogen) atoms. The Bertz CT molecular complexity index is 952. The van der Waals surface area contributed by atoms with Gasteiger partial charge in [0.2, 0.25) is 11.9 Å². The Morgan fingerprint density at radius 3 is 2.69 bits per heavy atom. The van der Waals surface area contributed by atoms with Crippen molar-refractivity contribution in [3.63, 3.8) is 0 Å². The summed E-state index contributed by atoms with van der Waals surface area (Å²) in [5.74, 6) is 0.0605. The maximum atomic E-state index is 14.8. The third kappa shape index (κ3) is 4.00. The van der Waals surface area contributed by atoms with Gasteiger partial charge in [-0.25, -0.2) is 9.38 Å². The third-order valence-corrected chi connectivity index (χ3v) is 5.40. The zero-order valence-electron chi connectivity index (χ0n) is 15.9. The largest absolute Gasteiger partial charge is 0.489 e. The number of nitrogens with zero attached hydrogens (tertiary/aromatic N) is 5. The number of rotatable bonds is 5. The first-order valence-corrected chi connectivity index (χ1v) is 9.95. The Kier molecular flexibility index (Phi) is 5.31. The van der Waals surface area contributed by atoms with E-state index in [0.717, 1.165) is 32.1 Å². The van der Waals surface area contributed by atoms with Crippen molar-refractivity contribution in [2.24, 2.45) is 21.5 Å². The number of benzene rings is 1. The highest BCUT2D eigenvalue weighted by Gasteiger charge is 2.42. The second-order valence-electron chi connectivity index (χ2n) is 7.20. The van der Waals surface area contributed by atoms with Crippen LogP contribution in [0.15, 0.2) is 40.6 Å². The molecular weight excluding hydrogens is 397 g/mol. The highest BCUT2D eigenvalue weighted by Crippen LogP contribution is 2.40. The molecule has 1 fully saturated rings. The SMILES string of the molecule is NC1=NC2(CCCCC2)N(c2ccc(OCCn3cc(Cl)cn3)c(F)c2)C(N)=N1. The van der Waals surface area contributed by atoms with Gasteiger partial charge in [0, 0.05) is 18.0 Å². The van der Waals surface area contributed by atoms with Gasteiger partial charge in [-0.2, -0.15) is 10.1 Å². The third-order valence-electron chi connectivity index (χ3n) is 5.20. The fraction of sp³-hybridized carbons (Fsp3) is 0.421. The van der Waals surface area contributed by atoms with E-state index >= 15 is 0 Å². The molecule has 1 aliphatic heterocycles. The summed E-state index contributed by atoms with van der Waals surface area (Å²) in [5, 5.41) is 4.60. The first-order valence-electron chi connectivity index (χ1n) is 9.57. The van der Waals surface area contributed by atoms with Gasteiger partial charge in [-0.3, -0.25) is 9.58 Å². The summed E-state index contributed by atoms with van der Waals surface area (Å²) in [5.41, 5.74) is 12.0. The predicted molar refractivity (Wildman–Crippen MR) is 111 cm³/mol. The van der Waals surface area contributed by atoms with Crippen LogP contribution in [-0.2, 0) is 6.54 Å². The number of hydrogen-bond acceptors (Lipinski definition) is 7. The van der Waals surface area contributed by atoms with Crippen molar-refractivity contribution in [2.45, 2.75) is 44.3 Å². The summed E-state index contributed by atoms with van der Waals surface area (Å²) >= 11 is 5.83. The van der Waals surface area contributed by atoms with Crippen LogP contribution in [0.25, 0.3) is 0 Å². The van der Waals surface area contributed by atoms with Gasteiger partial charge >= 0.3 is 0 Å². The normalized spacial score (nSPS) is 18.5. The van der Waals surface area contributed by atoms with E-state index in [1.54, 1.807) is 27.9 Å². The summed E-state index contributed by atoms with van der Waals surface area (Å²) in [6.45, 7) is 0.711. The van der Waals surface area contributed by atoms with E-state index in [9.17, 15) is 4.39 Å². The molecule has 10 heteroatoms. The minimum Gasteiger partial charge on any atom is -0.489 e. The van der Waals surface area contributed by atoms with Crippen molar-refractivity contribution < 1.29 is 9.13 Å². The molecule has 4 N–H and O–H groups in total. The maximum absolute atomic E-state index is 14.8. The van der Waals surface area contributed by atoms with Crippen molar-refractivity contribution in [1.82, 2.24) is 9.78 Å². The van der Waals surface area contributed by atoms with E-state index in [1.807, 2.05) is 0 Å².